The molecule has 0 aromatic heterocycles. The molecule has 1 atom stereocenters. The fraction of sp³-hybridized carbons (Fsp3) is 0.350. The van der Waals surface area contributed by atoms with E-state index >= 15 is 0 Å². The van der Waals surface area contributed by atoms with Gasteiger partial charge in [0.1, 0.15) is 18.1 Å². The standard InChI is InChI=1S/C20H24ClNO3/c1-4-19(25-17-9-10-18(21)15(3)13-17)20(23)22-11-12-24-16-7-5-14(2)6-8-16/h5-10,13,19H,4,11-12H2,1-3H3,(H,22,23). The highest BCUT2D eigenvalue weighted by Crippen LogP contribution is 2.22. The molecule has 0 aliphatic carbocycles. The van der Waals surface area contributed by atoms with Gasteiger partial charge in [-0.2, -0.15) is 0 Å². The van der Waals surface area contributed by atoms with E-state index in [1.54, 1.807) is 12.1 Å². The Hall–Kier alpha value is -2.20. The summed E-state index contributed by atoms with van der Waals surface area (Å²) in [6.45, 7) is 6.67. The van der Waals surface area contributed by atoms with Crippen molar-refractivity contribution >= 4 is 17.5 Å². The third-order valence-electron chi connectivity index (χ3n) is 3.76. The second kappa shape index (κ2) is 9.33. The minimum Gasteiger partial charge on any atom is -0.492 e. The summed E-state index contributed by atoms with van der Waals surface area (Å²) in [5, 5.41) is 3.53. The Balaban J connectivity index is 1.79. The molecule has 0 spiro atoms. The van der Waals surface area contributed by atoms with E-state index in [0.717, 1.165) is 11.3 Å². The van der Waals surface area contributed by atoms with Crippen LogP contribution in [0.25, 0.3) is 0 Å². The molecule has 0 aliphatic rings. The Morgan fingerprint density at radius 1 is 1.12 bits per heavy atom. The zero-order chi connectivity index (χ0) is 18.2. The van der Waals surface area contributed by atoms with Crippen LogP contribution in [0.1, 0.15) is 24.5 Å². The normalized spacial score (nSPS) is 11.7. The van der Waals surface area contributed by atoms with Crippen molar-refractivity contribution in [1.29, 1.82) is 0 Å². The summed E-state index contributed by atoms with van der Waals surface area (Å²) in [6, 6.07) is 13.2. The molecule has 1 amide bonds. The lowest BCUT2D eigenvalue weighted by Gasteiger charge is -2.18. The van der Waals surface area contributed by atoms with Gasteiger partial charge in [-0.15, -0.1) is 0 Å². The molecule has 0 fully saturated rings. The highest BCUT2D eigenvalue weighted by Gasteiger charge is 2.18. The smallest absolute Gasteiger partial charge is 0.261 e. The maximum absolute atomic E-state index is 12.3. The van der Waals surface area contributed by atoms with E-state index in [1.165, 1.54) is 5.56 Å². The van der Waals surface area contributed by atoms with Crippen molar-refractivity contribution in [2.75, 3.05) is 13.2 Å². The van der Waals surface area contributed by atoms with Gasteiger partial charge in [0.05, 0.1) is 6.54 Å². The van der Waals surface area contributed by atoms with Crippen LogP contribution in [0.15, 0.2) is 42.5 Å². The molecular formula is C20H24ClNO3. The van der Waals surface area contributed by atoms with Gasteiger partial charge in [0, 0.05) is 5.02 Å². The molecule has 2 aromatic carbocycles. The number of hydrogen-bond donors (Lipinski definition) is 1. The molecule has 0 radical (unpaired) electrons. The first-order valence-corrected chi connectivity index (χ1v) is 8.77. The number of halogens is 1. The van der Waals surface area contributed by atoms with Crippen LogP contribution in [-0.4, -0.2) is 25.2 Å². The second-order valence-corrected chi connectivity index (χ2v) is 6.29. The number of benzene rings is 2. The van der Waals surface area contributed by atoms with Crippen LogP contribution in [0.2, 0.25) is 5.02 Å². The molecular weight excluding hydrogens is 338 g/mol. The molecule has 0 bridgehead atoms. The maximum Gasteiger partial charge on any atom is 0.261 e. The topological polar surface area (TPSA) is 47.6 Å². The summed E-state index contributed by atoms with van der Waals surface area (Å²) in [7, 11) is 0. The van der Waals surface area contributed by atoms with Crippen LogP contribution >= 0.6 is 11.6 Å². The van der Waals surface area contributed by atoms with E-state index in [4.69, 9.17) is 21.1 Å². The monoisotopic (exact) mass is 361 g/mol. The molecule has 0 heterocycles. The predicted molar refractivity (Wildman–Crippen MR) is 101 cm³/mol. The zero-order valence-corrected chi connectivity index (χ0v) is 15.6. The number of rotatable bonds is 8. The lowest BCUT2D eigenvalue weighted by atomic mass is 10.2. The van der Waals surface area contributed by atoms with Gasteiger partial charge in [0.2, 0.25) is 0 Å². The molecule has 134 valence electrons. The highest BCUT2D eigenvalue weighted by atomic mass is 35.5. The first-order valence-electron chi connectivity index (χ1n) is 8.39. The molecule has 2 aromatic rings. The first-order chi connectivity index (χ1) is 12.0. The number of ether oxygens (including phenoxy) is 2. The number of aryl methyl sites for hydroxylation is 2. The zero-order valence-electron chi connectivity index (χ0n) is 14.8. The lowest BCUT2D eigenvalue weighted by molar-refractivity contribution is -0.128. The van der Waals surface area contributed by atoms with Crippen LogP contribution in [0, 0.1) is 13.8 Å². The van der Waals surface area contributed by atoms with Crippen molar-refractivity contribution in [1.82, 2.24) is 5.32 Å². The van der Waals surface area contributed by atoms with Gasteiger partial charge in [-0.05, 0) is 56.2 Å². The number of amides is 1. The van der Waals surface area contributed by atoms with Crippen LogP contribution < -0.4 is 14.8 Å². The summed E-state index contributed by atoms with van der Waals surface area (Å²) >= 11 is 6.01. The fourth-order valence-corrected chi connectivity index (χ4v) is 2.39. The Morgan fingerprint density at radius 2 is 1.80 bits per heavy atom. The van der Waals surface area contributed by atoms with E-state index in [9.17, 15) is 4.79 Å². The molecule has 1 N–H and O–H groups in total. The number of hydrogen-bond acceptors (Lipinski definition) is 3. The molecule has 1 unspecified atom stereocenters. The molecule has 4 nitrogen and oxygen atoms in total. The summed E-state index contributed by atoms with van der Waals surface area (Å²) in [4.78, 5) is 12.3. The SMILES string of the molecule is CCC(Oc1ccc(Cl)c(C)c1)C(=O)NCCOc1ccc(C)cc1. The summed E-state index contributed by atoms with van der Waals surface area (Å²) in [6.07, 6.45) is 0.0340. The predicted octanol–water partition coefficient (Wildman–Crippen LogP) is 4.31. The van der Waals surface area contributed by atoms with Crippen molar-refractivity contribution in [2.45, 2.75) is 33.3 Å². The van der Waals surface area contributed by atoms with Crippen molar-refractivity contribution in [3.8, 4) is 11.5 Å². The van der Waals surface area contributed by atoms with E-state index in [2.05, 4.69) is 5.32 Å². The van der Waals surface area contributed by atoms with Crippen LogP contribution in [-0.2, 0) is 4.79 Å². The van der Waals surface area contributed by atoms with Gasteiger partial charge >= 0.3 is 0 Å². The fourth-order valence-electron chi connectivity index (χ4n) is 2.27. The minimum atomic E-state index is -0.542. The summed E-state index contributed by atoms with van der Waals surface area (Å²) in [5.41, 5.74) is 2.10. The van der Waals surface area contributed by atoms with Gasteiger partial charge in [0.15, 0.2) is 6.10 Å². The molecule has 0 saturated carbocycles. The summed E-state index contributed by atoms with van der Waals surface area (Å²) < 4.78 is 11.4. The Labute approximate surface area is 154 Å². The summed E-state index contributed by atoms with van der Waals surface area (Å²) in [5.74, 6) is 1.28. The maximum atomic E-state index is 12.3. The van der Waals surface area contributed by atoms with Gasteiger partial charge < -0.3 is 14.8 Å². The van der Waals surface area contributed by atoms with Crippen molar-refractivity contribution in [2.24, 2.45) is 0 Å². The van der Waals surface area contributed by atoms with E-state index < -0.39 is 6.10 Å². The van der Waals surface area contributed by atoms with Crippen molar-refractivity contribution in [3.05, 3.63) is 58.6 Å². The molecule has 0 saturated heterocycles. The average Bonchev–Trinajstić information content (AvgIpc) is 2.61. The Kier molecular flexibility index (Phi) is 7.14. The molecule has 5 heteroatoms. The Morgan fingerprint density at radius 3 is 2.44 bits per heavy atom. The van der Waals surface area contributed by atoms with Crippen LogP contribution in [0.3, 0.4) is 0 Å². The van der Waals surface area contributed by atoms with E-state index in [-0.39, 0.29) is 5.91 Å². The third kappa shape index (κ3) is 5.98. The molecule has 25 heavy (non-hydrogen) atoms. The van der Waals surface area contributed by atoms with Gasteiger partial charge in [-0.3, -0.25) is 4.79 Å². The number of carbonyl (C=O) groups is 1. The number of nitrogens with one attached hydrogen (secondary N) is 1. The van der Waals surface area contributed by atoms with Gasteiger partial charge in [0.25, 0.3) is 5.91 Å². The largest absolute Gasteiger partial charge is 0.492 e. The van der Waals surface area contributed by atoms with Crippen LogP contribution in [0.4, 0.5) is 0 Å². The average molecular weight is 362 g/mol. The minimum absolute atomic E-state index is 0.150. The van der Waals surface area contributed by atoms with E-state index in [1.807, 2.05) is 51.1 Å². The lowest BCUT2D eigenvalue weighted by Crippen LogP contribution is -2.39. The Bertz CT molecular complexity index is 701. The van der Waals surface area contributed by atoms with E-state index in [0.29, 0.717) is 30.3 Å². The third-order valence-corrected chi connectivity index (χ3v) is 4.19. The van der Waals surface area contributed by atoms with Crippen molar-refractivity contribution < 1.29 is 14.3 Å². The second-order valence-electron chi connectivity index (χ2n) is 5.88. The molecule has 0 aliphatic heterocycles. The van der Waals surface area contributed by atoms with Crippen molar-refractivity contribution in [3.63, 3.8) is 0 Å². The first kappa shape index (κ1) is 19.1. The highest BCUT2D eigenvalue weighted by molar-refractivity contribution is 6.31. The number of carbonyl (C=O) groups excluding carboxylic acids is 1. The quantitative estimate of drug-likeness (QED) is 0.713. The van der Waals surface area contributed by atoms with Gasteiger partial charge in [-0.1, -0.05) is 36.2 Å². The van der Waals surface area contributed by atoms with Crippen LogP contribution in [0.5, 0.6) is 11.5 Å². The molecule has 2 rings (SSSR count). The van der Waals surface area contributed by atoms with Gasteiger partial charge in [-0.25, -0.2) is 0 Å².